The zero-order valence-corrected chi connectivity index (χ0v) is 17.7. The number of fused-ring (bicyclic) bond motifs is 2. The van der Waals surface area contributed by atoms with Crippen LogP contribution in [0.3, 0.4) is 0 Å². The van der Waals surface area contributed by atoms with Crippen LogP contribution in [0.25, 0.3) is 0 Å². The van der Waals surface area contributed by atoms with Crippen LogP contribution in [0.4, 0.5) is 0 Å². The molecule has 146 valence electrons. The van der Waals surface area contributed by atoms with E-state index in [1.165, 1.54) is 22.3 Å². The van der Waals surface area contributed by atoms with Crippen molar-refractivity contribution in [2.45, 2.75) is 89.8 Å². The molecule has 2 saturated heterocycles. The molecule has 0 saturated carbocycles. The van der Waals surface area contributed by atoms with Gasteiger partial charge in [-0.05, 0) is 59.9 Å². The number of aliphatic hydroxyl groups is 1. The van der Waals surface area contributed by atoms with Crippen LogP contribution in [-0.2, 0) is 10.3 Å². The maximum absolute atomic E-state index is 12.0. The summed E-state index contributed by atoms with van der Waals surface area (Å²) < 4.78 is 5.79. The van der Waals surface area contributed by atoms with Crippen LogP contribution in [0.5, 0.6) is 0 Å². The Hall–Kier alpha value is -0.900. The number of morpholine rings is 1. The van der Waals surface area contributed by atoms with Crippen LogP contribution >= 0.6 is 0 Å². The lowest BCUT2D eigenvalue weighted by Crippen LogP contribution is -2.59. The minimum atomic E-state index is -0.750. The Morgan fingerprint density at radius 3 is 1.77 bits per heavy atom. The van der Waals surface area contributed by atoms with Crippen LogP contribution in [0.2, 0.25) is 0 Å². The monoisotopic (exact) mass is 359 g/mol. The highest BCUT2D eigenvalue weighted by molar-refractivity contribution is 5.47. The Bertz CT molecular complexity index is 607. The average Bonchev–Trinajstić information content (AvgIpc) is 2.55. The van der Waals surface area contributed by atoms with Crippen molar-refractivity contribution in [3.8, 4) is 0 Å². The summed E-state index contributed by atoms with van der Waals surface area (Å²) in [6.45, 7) is 15.0. The third kappa shape index (κ3) is 3.46. The Labute approximate surface area is 159 Å². The molecular weight excluding hydrogens is 322 g/mol. The van der Waals surface area contributed by atoms with Gasteiger partial charge in [0.05, 0.1) is 18.8 Å². The molecule has 2 atom stereocenters. The minimum Gasteiger partial charge on any atom is -0.385 e. The number of hydrogen-bond acceptors (Lipinski definition) is 3. The second kappa shape index (κ2) is 7.26. The number of hydrogen-bond donors (Lipinski definition) is 1. The lowest BCUT2D eigenvalue weighted by atomic mass is 9.70. The van der Waals surface area contributed by atoms with E-state index < -0.39 is 5.60 Å². The molecular formula is C23H37NO2. The molecule has 2 aliphatic rings. The first-order valence-electron chi connectivity index (χ1n) is 10.3. The average molecular weight is 360 g/mol. The van der Waals surface area contributed by atoms with Crippen molar-refractivity contribution < 1.29 is 9.84 Å². The third-order valence-corrected chi connectivity index (χ3v) is 6.52. The molecule has 3 heteroatoms. The van der Waals surface area contributed by atoms with Gasteiger partial charge >= 0.3 is 0 Å². The molecule has 2 heterocycles. The molecule has 1 N–H and O–H groups in total. The van der Waals surface area contributed by atoms with Crippen LogP contribution in [0.15, 0.2) is 12.1 Å². The minimum absolute atomic E-state index is 0.303. The van der Waals surface area contributed by atoms with Crippen LogP contribution in [0.1, 0.15) is 94.4 Å². The first-order chi connectivity index (χ1) is 12.1. The molecule has 2 bridgehead atoms. The number of ether oxygens (including phenoxy) is 1. The molecule has 3 rings (SSSR count). The van der Waals surface area contributed by atoms with E-state index in [4.69, 9.17) is 4.74 Å². The van der Waals surface area contributed by atoms with E-state index in [-0.39, 0.29) is 0 Å². The quantitative estimate of drug-likeness (QED) is 0.843. The number of rotatable bonds is 4. The van der Waals surface area contributed by atoms with E-state index in [1.807, 2.05) is 0 Å². The molecule has 3 nitrogen and oxygen atoms in total. The maximum Gasteiger partial charge on any atom is 0.0933 e. The van der Waals surface area contributed by atoms with Gasteiger partial charge in [-0.3, -0.25) is 4.90 Å². The van der Waals surface area contributed by atoms with Crippen LogP contribution in [-0.4, -0.2) is 42.4 Å². The van der Waals surface area contributed by atoms with E-state index in [9.17, 15) is 5.11 Å². The molecule has 0 amide bonds. The standard InChI is InChI=1S/C23H37NO2/c1-14(2)17-8-20(15(3)4)22(21(9-17)16(5)6)23(25)10-18-12-26-13-19(11-23)24(18)7/h8-9,14-16,18-19,25H,10-13H2,1-7H3. The maximum atomic E-state index is 12.0. The van der Waals surface area contributed by atoms with E-state index in [1.54, 1.807) is 0 Å². The number of benzene rings is 1. The third-order valence-electron chi connectivity index (χ3n) is 6.52. The van der Waals surface area contributed by atoms with Gasteiger partial charge in [-0.25, -0.2) is 0 Å². The molecule has 2 fully saturated rings. The Morgan fingerprint density at radius 1 is 0.923 bits per heavy atom. The summed E-state index contributed by atoms with van der Waals surface area (Å²) in [6, 6.07) is 5.33. The molecule has 2 aliphatic heterocycles. The summed E-state index contributed by atoms with van der Waals surface area (Å²) in [5.41, 5.74) is 4.54. The lowest BCUT2D eigenvalue weighted by Gasteiger charge is -2.51. The van der Waals surface area contributed by atoms with Crippen molar-refractivity contribution in [2.24, 2.45) is 0 Å². The Balaban J connectivity index is 2.16. The second-order valence-electron chi connectivity index (χ2n) is 9.49. The topological polar surface area (TPSA) is 32.7 Å². The van der Waals surface area contributed by atoms with Crippen molar-refractivity contribution in [1.82, 2.24) is 4.90 Å². The highest BCUT2D eigenvalue weighted by Crippen LogP contribution is 2.46. The van der Waals surface area contributed by atoms with Crippen LogP contribution in [0, 0.1) is 0 Å². The Kier molecular flexibility index (Phi) is 5.54. The van der Waals surface area contributed by atoms with E-state index in [2.05, 4.69) is 65.6 Å². The van der Waals surface area contributed by atoms with Gasteiger partial charge in [-0.15, -0.1) is 0 Å². The van der Waals surface area contributed by atoms with Crippen molar-refractivity contribution in [3.05, 3.63) is 34.4 Å². The summed E-state index contributed by atoms with van der Waals surface area (Å²) >= 11 is 0. The smallest absolute Gasteiger partial charge is 0.0933 e. The van der Waals surface area contributed by atoms with Gasteiger partial charge in [0.1, 0.15) is 0 Å². The zero-order valence-electron chi connectivity index (χ0n) is 17.7. The molecule has 0 spiro atoms. The van der Waals surface area contributed by atoms with Crippen LogP contribution < -0.4 is 0 Å². The highest BCUT2D eigenvalue weighted by Gasteiger charge is 2.47. The fourth-order valence-corrected chi connectivity index (χ4v) is 4.84. The number of likely N-dealkylation sites (N-methyl/N-ethyl adjacent to an activating group) is 1. The molecule has 0 radical (unpaired) electrons. The summed E-state index contributed by atoms with van der Waals surface area (Å²) in [4.78, 5) is 2.42. The van der Waals surface area contributed by atoms with Gasteiger partial charge in [0.2, 0.25) is 0 Å². The van der Waals surface area contributed by atoms with Gasteiger partial charge in [0.15, 0.2) is 0 Å². The summed E-state index contributed by atoms with van der Waals surface area (Å²) in [5.74, 6) is 1.31. The highest BCUT2D eigenvalue weighted by atomic mass is 16.5. The largest absolute Gasteiger partial charge is 0.385 e. The first-order valence-corrected chi connectivity index (χ1v) is 10.3. The van der Waals surface area contributed by atoms with Gasteiger partial charge in [-0.2, -0.15) is 0 Å². The summed E-state index contributed by atoms with van der Waals surface area (Å²) in [7, 11) is 2.19. The summed E-state index contributed by atoms with van der Waals surface area (Å²) in [6.07, 6.45) is 1.53. The molecule has 1 aromatic rings. The SMILES string of the molecule is CC(C)c1cc(C(C)C)c(C2(O)CC3COCC(C2)N3C)c(C(C)C)c1. The van der Waals surface area contributed by atoms with Gasteiger partial charge in [-0.1, -0.05) is 53.7 Å². The molecule has 0 aromatic heterocycles. The van der Waals surface area contributed by atoms with E-state index in [0.29, 0.717) is 29.8 Å². The van der Waals surface area contributed by atoms with Crippen molar-refractivity contribution in [2.75, 3.05) is 20.3 Å². The second-order valence-corrected chi connectivity index (χ2v) is 9.49. The molecule has 0 aliphatic carbocycles. The summed E-state index contributed by atoms with van der Waals surface area (Å²) in [5, 5.41) is 12.0. The number of nitrogens with zero attached hydrogens (tertiary/aromatic N) is 1. The number of piperidine rings is 1. The van der Waals surface area contributed by atoms with Crippen molar-refractivity contribution >= 4 is 0 Å². The van der Waals surface area contributed by atoms with Crippen molar-refractivity contribution in [1.29, 1.82) is 0 Å². The van der Waals surface area contributed by atoms with E-state index in [0.717, 1.165) is 26.1 Å². The zero-order chi connectivity index (χ0) is 19.2. The fourth-order valence-electron chi connectivity index (χ4n) is 4.84. The van der Waals surface area contributed by atoms with Gasteiger partial charge in [0, 0.05) is 12.1 Å². The Morgan fingerprint density at radius 2 is 1.38 bits per heavy atom. The van der Waals surface area contributed by atoms with Crippen molar-refractivity contribution in [3.63, 3.8) is 0 Å². The molecule has 26 heavy (non-hydrogen) atoms. The van der Waals surface area contributed by atoms with Gasteiger partial charge in [0.25, 0.3) is 0 Å². The predicted molar refractivity (Wildman–Crippen MR) is 108 cm³/mol. The van der Waals surface area contributed by atoms with Gasteiger partial charge < -0.3 is 9.84 Å². The fraction of sp³-hybridized carbons (Fsp3) is 0.739. The molecule has 1 aromatic carbocycles. The lowest BCUT2D eigenvalue weighted by molar-refractivity contribution is -0.138. The normalized spacial score (nSPS) is 29.8. The predicted octanol–water partition coefficient (Wildman–Crippen LogP) is 4.74. The van der Waals surface area contributed by atoms with E-state index >= 15 is 0 Å². The molecule has 2 unspecified atom stereocenters. The first kappa shape index (κ1) is 19.9.